The fourth-order valence-electron chi connectivity index (χ4n) is 2.75. The summed E-state index contributed by atoms with van der Waals surface area (Å²) in [7, 11) is 0. The number of H-pyrrole nitrogens is 1. The van der Waals surface area contributed by atoms with Gasteiger partial charge in [-0.2, -0.15) is 13.2 Å². The molecule has 11 heteroatoms. The second kappa shape index (κ2) is 11.6. The molecule has 0 aliphatic rings. The van der Waals surface area contributed by atoms with Crippen molar-refractivity contribution in [2.24, 2.45) is 4.99 Å². The van der Waals surface area contributed by atoms with Crippen molar-refractivity contribution >= 4 is 11.6 Å². The average molecular weight is 468 g/mol. The van der Waals surface area contributed by atoms with E-state index in [2.05, 4.69) is 37.0 Å². The van der Waals surface area contributed by atoms with E-state index in [0.717, 1.165) is 11.8 Å². The third-order valence-corrected chi connectivity index (χ3v) is 4.32. The van der Waals surface area contributed by atoms with Crippen molar-refractivity contribution in [2.45, 2.75) is 26.1 Å². The minimum atomic E-state index is -4.56. The van der Waals surface area contributed by atoms with Crippen LogP contribution in [0.15, 0.2) is 60.1 Å². The molecule has 2 aromatic heterocycles. The van der Waals surface area contributed by atoms with E-state index in [1.165, 1.54) is 19.2 Å². The third-order valence-electron chi connectivity index (χ3n) is 4.32. The number of carbonyl (C=O) groups excluding carboxylic acids is 1. The van der Waals surface area contributed by atoms with Crippen LogP contribution in [-0.2, 0) is 6.18 Å². The SMILES string of the molecule is Cc1cc(C(=O)Nc2cccc(C(C)N[C-]=CN=c3cn[nH][cH-]3)c2)cnc1C(F)(F)F.[K+]. The largest absolute Gasteiger partial charge is 1.00 e. The Bertz CT molecular complexity index is 1140. The van der Waals surface area contributed by atoms with Crippen LogP contribution in [0.4, 0.5) is 18.9 Å². The predicted molar refractivity (Wildman–Crippen MR) is 107 cm³/mol. The summed E-state index contributed by atoms with van der Waals surface area (Å²) in [4.78, 5) is 20.0. The minimum Gasteiger partial charge on any atom is -0.560 e. The number of nitrogens with one attached hydrogen (secondary N) is 3. The van der Waals surface area contributed by atoms with Gasteiger partial charge in [0.15, 0.2) is 0 Å². The molecule has 3 rings (SSSR count). The quantitative estimate of drug-likeness (QED) is 0.282. The molecule has 0 fully saturated rings. The molecule has 0 saturated heterocycles. The van der Waals surface area contributed by atoms with Crippen molar-refractivity contribution in [1.82, 2.24) is 20.5 Å². The number of carbonyl (C=O) groups is 1. The number of rotatable bonds is 6. The van der Waals surface area contributed by atoms with Gasteiger partial charge in [0.2, 0.25) is 0 Å². The Balaban J connectivity index is 0.00000363. The van der Waals surface area contributed by atoms with Crippen molar-refractivity contribution in [3.63, 3.8) is 0 Å². The van der Waals surface area contributed by atoms with Gasteiger partial charge in [0, 0.05) is 17.9 Å². The Morgan fingerprint density at radius 2 is 2.09 bits per heavy atom. The molecule has 3 N–H and O–H groups in total. The number of amides is 1. The number of pyridine rings is 1. The number of halogens is 3. The molecule has 162 valence electrons. The molecule has 0 spiro atoms. The van der Waals surface area contributed by atoms with E-state index >= 15 is 0 Å². The first-order chi connectivity index (χ1) is 14.7. The number of aromatic amines is 1. The van der Waals surface area contributed by atoms with Crippen LogP contribution in [0.25, 0.3) is 0 Å². The van der Waals surface area contributed by atoms with Crippen LogP contribution in [0, 0.1) is 13.1 Å². The van der Waals surface area contributed by atoms with Gasteiger partial charge in [-0.3, -0.25) is 14.9 Å². The zero-order valence-electron chi connectivity index (χ0n) is 17.7. The van der Waals surface area contributed by atoms with E-state index in [1.54, 1.807) is 30.6 Å². The summed E-state index contributed by atoms with van der Waals surface area (Å²) in [5.74, 6) is -0.549. The molecule has 0 radical (unpaired) electrons. The molecule has 1 atom stereocenters. The first-order valence-corrected chi connectivity index (χ1v) is 9.21. The second-order valence-electron chi connectivity index (χ2n) is 6.69. The van der Waals surface area contributed by atoms with Crippen LogP contribution < -0.4 is 67.4 Å². The summed E-state index contributed by atoms with van der Waals surface area (Å²) in [6, 6.07) is 8.11. The monoisotopic (exact) mass is 467 g/mol. The van der Waals surface area contributed by atoms with E-state index in [-0.39, 0.29) is 68.6 Å². The van der Waals surface area contributed by atoms with Gasteiger partial charge in [-0.1, -0.05) is 23.7 Å². The molecule has 1 amide bonds. The average Bonchev–Trinajstić information content (AvgIpc) is 3.23. The van der Waals surface area contributed by atoms with E-state index in [4.69, 9.17) is 0 Å². The normalized spacial score (nSPS) is 13.0. The summed E-state index contributed by atoms with van der Waals surface area (Å²) in [6.45, 7) is 3.17. The van der Waals surface area contributed by atoms with Gasteiger partial charge in [0.1, 0.15) is 5.69 Å². The topological polar surface area (TPSA) is 95.1 Å². The van der Waals surface area contributed by atoms with E-state index in [1.807, 2.05) is 13.0 Å². The van der Waals surface area contributed by atoms with Gasteiger partial charge in [-0.15, -0.1) is 12.4 Å². The van der Waals surface area contributed by atoms with Crippen molar-refractivity contribution < 1.29 is 69.4 Å². The first-order valence-electron chi connectivity index (χ1n) is 9.21. The fraction of sp³-hybridized carbons (Fsp3) is 0.190. The van der Waals surface area contributed by atoms with Crippen LogP contribution in [0.2, 0.25) is 0 Å². The summed E-state index contributed by atoms with van der Waals surface area (Å²) in [5, 5.41) is 12.8. The third kappa shape index (κ3) is 7.17. The van der Waals surface area contributed by atoms with Crippen molar-refractivity contribution in [3.05, 3.63) is 89.1 Å². The van der Waals surface area contributed by atoms with Gasteiger partial charge < -0.3 is 26.9 Å². The van der Waals surface area contributed by atoms with Crippen molar-refractivity contribution in [1.29, 1.82) is 0 Å². The van der Waals surface area contributed by atoms with Gasteiger partial charge in [0.25, 0.3) is 5.91 Å². The van der Waals surface area contributed by atoms with Crippen LogP contribution in [-0.4, -0.2) is 21.1 Å². The number of alkyl halides is 3. The molecule has 2 heterocycles. The van der Waals surface area contributed by atoms with Gasteiger partial charge in [-0.25, -0.2) is 0 Å². The van der Waals surface area contributed by atoms with Gasteiger partial charge in [-0.05, 0) is 43.2 Å². The molecular weight excluding hydrogens is 448 g/mol. The molecule has 0 saturated carbocycles. The molecule has 0 bridgehead atoms. The zero-order valence-corrected chi connectivity index (χ0v) is 20.8. The number of hydrogen-bond acceptors (Lipinski definition) is 5. The Kier molecular flexibility index (Phi) is 9.46. The summed E-state index contributed by atoms with van der Waals surface area (Å²) in [6.07, 6.45) is 3.91. The standard InChI is InChI=1S/C21H19F3N6O.K/c1-13-8-16(10-27-19(13)21(22,23)24)20(31)30-17-5-3-4-15(9-17)14(2)25-6-7-26-18-11-28-29-12-18;/h3-5,7-12,14,25,28H,1-2H3,(H,30,31);/q-2;+1. The maximum absolute atomic E-state index is 12.8. The Hall–Kier alpha value is -2.18. The number of anilines is 1. The predicted octanol–water partition coefficient (Wildman–Crippen LogP) is 0.633. The molecule has 1 aromatic carbocycles. The minimum absolute atomic E-state index is 0. The first kappa shape index (κ1) is 26.1. The fourth-order valence-corrected chi connectivity index (χ4v) is 2.75. The van der Waals surface area contributed by atoms with Gasteiger partial charge in [0.05, 0.1) is 5.56 Å². The number of nitrogens with zero attached hydrogens (tertiary/aromatic N) is 3. The number of hydrogen-bond donors (Lipinski definition) is 3. The summed E-state index contributed by atoms with van der Waals surface area (Å²) in [5.41, 5.74) is 0.286. The van der Waals surface area contributed by atoms with Crippen molar-refractivity contribution in [2.75, 3.05) is 5.32 Å². The molecule has 0 aliphatic heterocycles. The van der Waals surface area contributed by atoms with Crippen LogP contribution >= 0.6 is 0 Å². The van der Waals surface area contributed by atoms with Crippen LogP contribution in [0.5, 0.6) is 0 Å². The molecule has 0 aliphatic carbocycles. The van der Waals surface area contributed by atoms with Crippen LogP contribution in [0.3, 0.4) is 0 Å². The number of benzene rings is 1. The Morgan fingerprint density at radius 1 is 1.31 bits per heavy atom. The molecule has 3 aromatic rings. The molecule has 32 heavy (non-hydrogen) atoms. The van der Waals surface area contributed by atoms with E-state index in [0.29, 0.717) is 11.0 Å². The van der Waals surface area contributed by atoms with E-state index < -0.39 is 17.8 Å². The van der Waals surface area contributed by atoms with Gasteiger partial charge >= 0.3 is 57.6 Å². The second-order valence-corrected chi connectivity index (χ2v) is 6.69. The Labute approximate surface area is 225 Å². The zero-order chi connectivity index (χ0) is 22.4. The molecular formula is C21H19F3KN6O-. The number of aromatic nitrogens is 3. The summed E-state index contributed by atoms with van der Waals surface area (Å²) >= 11 is 0. The van der Waals surface area contributed by atoms with Crippen molar-refractivity contribution in [3.8, 4) is 0 Å². The smallest absolute Gasteiger partial charge is 0.560 e. The maximum atomic E-state index is 12.8. The number of aryl methyl sites for hydroxylation is 1. The van der Waals surface area contributed by atoms with E-state index in [9.17, 15) is 18.0 Å². The van der Waals surface area contributed by atoms with Crippen LogP contribution in [0.1, 0.15) is 40.1 Å². The molecule has 1 unspecified atom stereocenters. The Morgan fingerprint density at radius 3 is 2.75 bits per heavy atom. The molecule has 7 nitrogen and oxygen atoms in total. The summed E-state index contributed by atoms with van der Waals surface area (Å²) < 4.78 is 38.5. The maximum Gasteiger partial charge on any atom is 1.00 e.